The highest BCUT2D eigenvalue weighted by atomic mass is 16.6. The summed E-state index contributed by atoms with van der Waals surface area (Å²) in [5, 5.41) is 0.925. The summed E-state index contributed by atoms with van der Waals surface area (Å²) in [6.07, 6.45) is 0. The Labute approximate surface area is 80.5 Å². The molecule has 4 heteroatoms. The van der Waals surface area contributed by atoms with Crippen molar-refractivity contribution >= 4 is 16.6 Å². The molecular weight excluding hydrogens is 180 g/mol. The molecule has 1 aromatic heterocycles. The van der Waals surface area contributed by atoms with E-state index < -0.39 is 0 Å². The van der Waals surface area contributed by atoms with Crippen molar-refractivity contribution in [2.45, 2.75) is 0 Å². The van der Waals surface area contributed by atoms with Crippen molar-refractivity contribution in [2.24, 2.45) is 0 Å². The molecule has 72 valence electrons. The highest BCUT2D eigenvalue weighted by Crippen LogP contribution is 2.18. The molecule has 2 rings (SSSR count). The zero-order valence-electron chi connectivity index (χ0n) is 7.70. The van der Waals surface area contributed by atoms with Crippen LogP contribution in [-0.4, -0.2) is 12.1 Å². The highest BCUT2D eigenvalue weighted by Gasteiger charge is 2.00. The minimum atomic E-state index is -0.150. The Morgan fingerprint density at radius 3 is 2.93 bits per heavy atom. The van der Waals surface area contributed by atoms with Gasteiger partial charge < -0.3 is 4.98 Å². The lowest BCUT2D eigenvalue weighted by atomic mass is 10.2. The molecule has 0 aliphatic heterocycles. The van der Waals surface area contributed by atoms with Crippen LogP contribution >= 0.6 is 0 Å². The van der Waals surface area contributed by atoms with E-state index in [1.807, 2.05) is 24.3 Å². The van der Waals surface area contributed by atoms with E-state index in [1.165, 1.54) is 13.2 Å². The predicted molar refractivity (Wildman–Crippen MR) is 55.2 cm³/mol. The fourth-order valence-electron chi connectivity index (χ4n) is 1.40. The van der Waals surface area contributed by atoms with Crippen molar-refractivity contribution in [1.82, 2.24) is 4.98 Å². The first-order valence-corrected chi connectivity index (χ1v) is 4.22. The van der Waals surface area contributed by atoms with Gasteiger partial charge in [-0.1, -0.05) is 18.2 Å². The number of anilines is 1. The number of hydrogen-bond donors (Lipinski definition) is 2. The number of nitrogens with one attached hydrogen (secondary N) is 2. The second-order valence-electron chi connectivity index (χ2n) is 2.90. The molecule has 4 nitrogen and oxygen atoms in total. The van der Waals surface area contributed by atoms with E-state index in [0.29, 0.717) is 5.69 Å². The first kappa shape index (κ1) is 8.77. The third-order valence-corrected chi connectivity index (χ3v) is 1.96. The minimum absolute atomic E-state index is 0.150. The molecule has 0 aliphatic carbocycles. The number of rotatable bonds is 2. The van der Waals surface area contributed by atoms with E-state index >= 15 is 0 Å². The lowest BCUT2D eigenvalue weighted by Crippen LogP contribution is -2.07. The van der Waals surface area contributed by atoms with Gasteiger partial charge in [0.05, 0.1) is 18.3 Å². The average Bonchev–Trinajstić information content (AvgIpc) is 2.18. The number of pyridine rings is 1. The van der Waals surface area contributed by atoms with Crippen LogP contribution in [0.15, 0.2) is 35.1 Å². The summed E-state index contributed by atoms with van der Waals surface area (Å²) in [5.74, 6) is 0. The lowest BCUT2D eigenvalue weighted by Gasteiger charge is -2.05. The van der Waals surface area contributed by atoms with Gasteiger partial charge in [-0.3, -0.25) is 15.1 Å². The van der Waals surface area contributed by atoms with Gasteiger partial charge in [-0.15, -0.1) is 0 Å². The van der Waals surface area contributed by atoms with Gasteiger partial charge in [0.2, 0.25) is 0 Å². The molecule has 0 aliphatic rings. The maximum Gasteiger partial charge on any atom is 0.250 e. The molecule has 0 bridgehead atoms. The predicted octanol–water partition coefficient (Wildman–Crippen LogP) is 1.50. The van der Waals surface area contributed by atoms with Gasteiger partial charge in [0, 0.05) is 11.5 Å². The fourth-order valence-corrected chi connectivity index (χ4v) is 1.40. The van der Waals surface area contributed by atoms with Crippen LogP contribution in [0.1, 0.15) is 0 Å². The van der Waals surface area contributed by atoms with Crippen LogP contribution in [0.4, 0.5) is 5.69 Å². The monoisotopic (exact) mass is 190 g/mol. The number of aromatic nitrogens is 1. The first-order chi connectivity index (χ1) is 6.81. The van der Waals surface area contributed by atoms with Crippen molar-refractivity contribution < 1.29 is 4.84 Å². The van der Waals surface area contributed by atoms with Crippen molar-refractivity contribution in [3.05, 3.63) is 40.7 Å². The van der Waals surface area contributed by atoms with E-state index in [4.69, 9.17) is 4.84 Å². The first-order valence-electron chi connectivity index (χ1n) is 4.22. The van der Waals surface area contributed by atoms with E-state index in [-0.39, 0.29) is 5.56 Å². The quantitative estimate of drug-likeness (QED) is 0.705. The summed E-state index contributed by atoms with van der Waals surface area (Å²) in [4.78, 5) is 18.8. The van der Waals surface area contributed by atoms with Crippen LogP contribution in [0.3, 0.4) is 0 Å². The van der Waals surface area contributed by atoms with Crippen molar-refractivity contribution in [3.63, 3.8) is 0 Å². The molecular formula is C10H10N2O2. The van der Waals surface area contributed by atoms with Gasteiger partial charge in [-0.25, -0.2) is 0 Å². The van der Waals surface area contributed by atoms with Crippen LogP contribution in [0.25, 0.3) is 10.9 Å². The van der Waals surface area contributed by atoms with Crippen LogP contribution in [-0.2, 0) is 4.84 Å². The minimum Gasteiger partial charge on any atom is -0.322 e. The molecule has 2 aromatic rings. The number of aromatic amines is 1. The van der Waals surface area contributed by atoms with E-state index in [0.717, 1.165) is 10.9 Å². The molecule has 1 heterocycles. The number of para-hydroxylation sites is 1. The molecule has 2 N–H and O–H groups in total. The second kappa shape index (κ2) is 3.51. The van der Waals surface area contributed by atoms with E-state index in [9.17, 15) is 4.79 Å². The number of hydrogen-bond acceptors (Lipinski definition) is 3. The average molecular weight is 190 g/mol. The Balaban J connectivity index is 2.73. The fraction of sp³-hybridized carbons (Fsp3) is 0.100. The largest absolute Gasteiger partial charge is 0.322 e. The molecule has 0 radical (unpaired) electrons. The third kappa shape index (κ3) is 1.47. The standard InChI is InChI=1S/C10H10N2O2/c1-14-12-9-6-10(13)11-8-5-3-2-4-7(8)9/h2-6H,1H3,(H2,11,12,13). The molecule has 0 saturated heterocycles. The van der Waals surface area contributed by atoms with Crippen molar-refractivity contribution in [1.29, 1.82) is 0 Å². The Hall–Kier alpha value is -1.81. The summed E-state index contributed by atoms with van der Waals surface area (Å²) < 4.78 is 0. The maximum absolute atomic E-state index is 11.2. The summed E-state index contributed by atoms with van der Waals surface area (Å²) in [6.45, 7) is 0. The summed E-state index contributed by atoms with van der Waals surface area (Å²) in [5.41, 5.74) is 3.99. The van der Waals surface area contributed by atoms with E-state index in [2.05, 4.69) is 10.5 Å². The van der Waals surface area contributed by atoms with Gasteiger partial charge in [0.25, 0.3) is 5.56 Å². The van der Waals surface area contributed by atoms with Crippen molar-refractivity contribution in [3.8, 4) is 0 Å². The summed E-state index contributed by atoms with van der Waals surface area (Å²) in [6, 6.07) is 8.99. The Kier molecular flexibility index (Phi) is 2.20. The Morgan fingerprint density at radius 1 is 1.36 bits per heavy atom. The van der Waals surface area contributed by atoms with Gasteiger partial charge in [0.15, 0.2) is 0 Å². The normalized spacial score (nSPS) is 10.4. The molecule has 0 fully saturated rings. The van der Waals surface area contributed by atoms with Crippen molar-refractivity contribution in [2.75, 3.05) is 12.6 Å². The summed E-state index contributed by atoms with van der Waals surface area (Å²) in [7, 11) is 1.51. The molecule has 0 spiro atoms. The van der Waals surface area contributed by atoms with Crippen LogP contribution < -0.4 is 11.0 Å². The van der Waals surface area contributed by atoms with E-state index in [1.54, 1.807) is 0 Å². The van der Waals surface area contributed by atoms with Gasteiger partial charge >= 0.3 is 0 Å². The number of fused-ring (bicyclic) bond motifs is 1. The Morgan fingerprint density at radius 2 is 2.14 bits per heavy atom. The summed E-state index contributed by atoms with van der Waals surface area (Å²) >= 11 is 0. The molecule has 1 aromatic carbocycles. The number of H-pyrrole nitrogens is 1. The highest BCUT2D eigenvalue weighted by molar-refractivity contribution is 5.90. The SMILES string of the molecule is CONc1cc(=O)[nH]c2ccccc12. The van der Waals surface area contributed by atoms with Crippen LogP contribution in [0, 0.1) is 0 Å². The lowest BCUT2D eigenvalue weighted by molar-refractivity contribution is 0.271. The van der Waals surface area contributed by atoms with Gasteiger partial charge in [0.1, 0.15) is 0 Å². The smallest absolute Gasteiger partial charge is 0.250 e. The van der Waals surface area contributed by atoms with Crippen LogP contribution in [0.5, 0.6) is 0 Å². The maximum atomic E-state index is 11.2. The molecule has 0 unspecified atom stereocenters. The zero-order chi connectivity index (χ0) is 9.97. The third-order valence-electron chi connectivity index (χ3n) is 1.96. The molecule has 0 amide bonds. The topological polar surface area (TPSA) is 54.1 Å². The Bertz CT molecular complexity index is 505. The molecule has 14 heavy (non-hydrogen) atoms. The molecule has 0 atom stereocenters. The number of benzene rings is 1. The van der Waals surface area contributed by atoms with Gasteiger partial charge in [-0.2, -0.15) is 0 Å². The second-order valence-corrected chi connectivity index (χ2v) is 2.90. The van der Waals surface area contributed by atoms with Crippen LogP contribution in [0.2, 0.25) is 0 Å². The van der Waals surface area contributed by atoms with Gasteiger partial charge in [-0.05, 0) is 6.07 Å². The zero-order valence-corrected chi connectivity index (χ0v) is 7.70. The molecule has 0 saturated carbocycles.